The van der Waals surface area contributed by atoms with Crippen LogP contribution in [0.3, 0.4) is 0 Å². The monoisotopic (exact) mass is 292 g/mol. The minimum Gasteiger partial charge on any atom is -0.140 e. The van der Waals surface area contributed by atoms with Crippen molar-refractivity contribution in [1.29, 1.82) is 0 Å². The smallest absolute Gasteiger partial charge is 0.109 e. The summed E-state index contributed by atoms with van der Waals surface area (Å²) in [5, 5.41) is 0. The Bertz CT molecular complexity index is 131. The molecule has 0 aromatic carbocycles. The first-order chi connectivity index (χ1) is 6.43. The summed E-state index contributed by atoms with van der Waals surface area (Å²) in [5.74, 6) is 3.72. The van der Waals surface area contributed by atoms with Crippen molar-refractivity contribution < 1.29 is 0 Å². The Morgan fingerprint density at radius 1 is 0.929 bits per heavy atom. The van der Waals surface area contributed by atoms with Crippen molar-refractivity contribution in [2.45, 2.75) is 32.0 Å². The van der Waals surface area contributed by atoms with Crippen molar-refractivity contribution in [2.75, 3.05) is 11.5 Å². The molecule has 0 unspecified atom stereocenters. The Kier molecular flexibility index (Phi) is 9.89. The van der Waals surface area contributed by atoms with Crippen molar-refractivity contribution in [3.05, 3.63) is 0 Å². The normalized spacial score (nSPS) is 12.4. The lowest BCUT2D eigenvalue weighted by atomic mass is 10.3. The summed E-state index contributed by atoms with van der Waals surface area (Å²) in [6.07, 6.45) is 0. The molecule has 0 aliphatic carbocycles. The third kappa shape index (κ3) is 8.97. The van der Waals surface area contributed by atoms with Gasteiger partial charge in [-0.2, -0.15) is 0 Å². The predicted octanol–water partition coefficient (Wildman–Crippen LogP) is 5.84. The molecule has 0 aliphatic rings. The second kappa shape index (κ2) is 8.82. The van der Waals surface area contributed by atoms with Crippen LogP contribution >= 0.6 is 52.6 Å². The maximum Gasteiger partial charge on any atom is 0.109 e. The van der Waals surface area contributed by atoms with E-state index in [1.807, 2.05) is 23.5 Å². The summed E-state index contributed by atoms with van der Waals surface area (Å²) in [7, 11) is 0. The van der Waals surface area contributed by atoms with Gasteiger partial charge in [0.15, 0.2) is 0 Å². The third-order valence-corrected chi connectivity index (χ3v) is 9.45. The van der Waals surface area contributed by atoms with Gasteiger partial charge in [0.1, 0.15) is 6.63 Å². The zero-order valence-corrected chi connectivity index (χ0v) is 13.2. The van der Waals surface area contributed by atoms with Crippen molar-refractivity contribution in [3.8, 4) is 0 Å². The first-order valence-corrected chi connectivity index (χ1v) is 10.1. The molecule has 0 atom stereocenters. The Morgan fingerprint density at radius 2 is 1.29 bits per heavy atom. The first kappa shape index (κ1) is 15.7. The van der Waals surface area contributed by atoms with E-state index in [1.54, 1.807) is 0 Å². The molecule has 0 aromatic rings. The van der Waals surface area contributed by atoms with Gasteiger partial charge >= 0.3 is 0 Å². The number of rotatable bonds is 7. The predicted molar refractivity (Wildman–Crippen MR) is 77.0 cm³/mol. The number of thioether (sulfide) groups is 2. The molecular formula is C9H19Cl2PS2. The lowest BCUT2D eigenvalue weighted by Crippen LogP contribution is -2.00. The lowest BCUT2D eigenvalue weighted by molar-refractivity contribution is 0.749. The molecular weight excluding hydrogens is 274 g/mol. The molecule has 0 aromatic heterocycles. The lowest BCUT2D eigenvalue weighted by Gasteiger charge is -2.18. The average molecular weight is 293 g/mol. The van der Waals surface area contributed by atoms with Crippen molar-refractivity contribution in [2.24, 2.45) is 11.8 Å². The Hall–Kier alpha value is 1.71. The van der Waals surface area contributed by atoms with Crippen LogP contribution in [0.1, 0.15) is 27.7 Å². The quantitative estimate of drug-likeness (QED) is 0.427. The van der Waals surface area contributed by atoms with Gasteiger partial charge in [0.25, 0.3) is 0 Å². The van der Waals surface area contributed by atoms with Gasteiger partial charge in [0.05, 0.1) is 4.32 Å². The fraction of sp³-hybridized carbons (Fsp3) is 1.00. The third-order valence-electron chi connectivity index (χ3n) is 1.30. The molecule has 14 heavy (non-hydrogen) atoms. The molecule has 86 valence electrons. The molecule has 0 nitrogen and oxygen atoms in total. The van der Waals surface area contributed by atoms with E-state index >= 15 is 0 Å². The fourth-order valence-electron chi connectivity index (χ4n) is 0.710. The molecule has 0 aliphatic heterocycles. The second-order valence-electron chi connectivity index (χ2n) is 4.02. The van der Waals surface area contributed by atoms with Crippen LogP contribution in [0.5, 0.6) is 0 Å². The first-order valence-electron chi connectivity index (χ1n) is 4.77. The van der Waals surface area contributed by atoms with Gasteiger partial charge in [0, 0.05) is 0 Å². The summed E-state index contributed by atoms with van der Waals surface area (Å²) in [4.78, 5) is 0. The summed E-state index contributed by atoms with van der Waals surface area (Å²) < 4.78 is 0.387. The largest absolute Gasteiger partial charge is 0.140 e. The van der Waals surface area contributed by atoms with Gasteiger partial charge < -0.3 is 0 Å². The van der Waals surface area contributed by atoms with Crippen LogP contribution in [0.15, 0.2) is 0 Å². The van der Waals surface area contributed by atoms with Crippen LogP contribution in [0.25, 0.3) is 0 Å². The van der Waals surface area contributed by atoms with Gasteiger partial charge in [-0.15, -0.1) is 23.5 Å². The second-order valence-corrected chi connectivity index (χ2v) is 11.0. The highest BCUT2D eigenvalue weighted by molar-refractivity contribution is 8.31. The van der Waals surface area contributed by atoms with Crippen LogP contribution < -0.4 is 0 Å². The van der Waals surface area contributed by atoms with E-state index in [4.69, 9.17) is 22.5 Å². The van der Waals surface area contributed by atoms with Crippen molar-refractivity contribution in [3.63, 3.8) is 0 Å². The van der Waals surface area contributed by atoms with Gasteiger partial charge in [-0.25, -0.2) is 0 Å². The number of halogens is 2. The van der Waals surface area contributed by atoms with E-state index in [0.717, 1.165) is 11.5 Å². The topological polar surface area (TPSA) is 0 Å². The van der Waals surface area contributed by atoms with E-state index in [1.165, 1.54) is 0 Å². The fourth-order valence-corrected chi connectivity index (χ4v) is 6.11. The highest BCUT2D eigenvalue weighted by atomic mass is 35.9. The number of hydrogen-bond acceptors (Lipinski definition) is 2. The Labute approximate surface area is 108 Å². The van der Waals surface area contributed by atoms with Gasteiger partial charge in [-0.1, -0.05) is 50.2 Å². The van der Waals surface area contributed by atoms with Crippen LogP contribution in [0.4, 0.5) is 0 Å². The maximum absolute atomic E-state index is 6.00. The molecule has 0 saturated heterocycles. The maximum atomic E-state index is 6.00. The molecule has 0 amide bonds. The highest BCUT2D eigenvalue weighted by Gasteiger charge is 2.19. The van der Waals surface area contributed by atoms with Crippen molar-refractivity contribution in [1.82, 2.24) is 0 Å². The molecule has 0 fully saturated rings. The van der Waals surface area contributed by atoms with Crippen molar-refractivity contribution >= 4 is 52.6 Å². The summed E-state index contributed by atoms with van der Waals surface area (Å²) in [6.45, 7) is 8.04. The molecule has 0 saturated carbocycles. The molecule has 0 N–H and O–H groups in total. The minimum absolute atomic E-state index is 0.387. The van der Waals surface area contributed by atoms with Gasteiger partial charge in [-0.05, 0) is 23.3 Å². The van der Waals surface area contributed by atoms with E-state index in [2.05, 4.69) is 27.7 Å². The van der Waals surface area contributed by atoms with Crippen LogP contribution in [-0.4, -0.2) is 15.8 Å². The molecule has 5 heteroatoms. The van der Waals surface area contributed by atoms with E-state index in [9.17, 15) is 0 Å². The minimum atomic E-state index is -0.855. The van der Waals surface area contributed by atoms with Crippen LogP contribution in [-0.2, 0) is 0 Å². The zero-order chi connectivity index (χ0) is 11.1. The Balaban J connectivity index is 3.78. The average Bonchev–Trinajstić information content (AvgIpc) is 2.02. The molecule has 0 spiro atoms. The summed E-state index contributed by atoms with van der Waals surface area (Å²) >= 11 is 15.8. The molecule has 0 heterocycles. The van der Waals surface area contributed by atoms with Crippen LogP contribution in [0, 0.1) is 11.8 Å². The summed E-state index contributed by atoms with van der Waals surface area (Å²) in [6, 6.07) is 0. The zero-order valence-electron chi connectivity index (χ0n) is 9.17. The van der Waals surface area contributed by atoms with Gasteiger partial charge in [-0.3, -0.25) is 0 Å². The SMILES string of the molecule is CC(C)CSC(SCC(C)C)P(Cl)Cl. The summed E-state index contributed by atoms with van der Waals surface area (Å²) in [5.41, 5.74) is 0. The molecule has 0 rings (SSSR count). The number of hydrogen-bond donors (Lipinski definition) is 0. The Morgan fingerprint density at radius 3 is 1.50 bits per heavy atom. The molecule has 0 bridgehead atoms. The van der Waals surface area contributed by atoms with E-state index < -0.39 is 6.63 Å². The molecule has 0 radical (unpaired) electrons. The van der Waals surface area contributed by atoms with Crippen LogP contribution in [0.2, 0.25) is 0 Å². The van der Waals surface area contributed by atoms with E-state index in [-0.39, 0.29) is 0 Å². The highest BCUT2D eigenvalue weighted by Crippen LogP contribution is 2.60. The van der Waals surface area contributed by atoms with E-state index in [0.29, 0.717) is 16.2 Å². The standard InChI is InChI=1S/C9H19Cl2PS2/c1-7(2)5-13-9(12(10)11)14-6-8(3)4/h7-9H,5-6H2,1-4H3. The van der Waals surface area contributed by atoms with Gasteiger partial charge in [0.2, 0.25) is 0 Å².